The number of carbonyl (C=O) groups excluding carboxylic acids is 2. The predicted octanol–water partition coefficient (Wildman–Crippen LogP) is 0.198. The molecule has 0 radical (unpaired) electrons. The fourth-order valence-corrected chi connectivity index (χ4v) is 1.90. The lowest BCUT2D eigenvalue weighted by Gasteiger charge is -2.28. The molecule has 7 nitrogen and oxygen atoms in total. The van der Waals surface area contributed by atoms with Gasteiger partial charge in [0.25, 0.3) is 11.8 Å². The van der Waals surface area contributed by atoms with E-state index in [-0.39, 0.29) is 12.5 Å². The second kappa shape index (κ2) is 5.20. The molecule has 0 saturated carbocycles. The zero-order chi connectivity index (χ0) is 14.9. The van der Waals surface area contributed by atoms with Crippen LogP contribution in [0.3, 0.4) is 0 Å². The molecule has 1 heterocycles. The van der Waals surface area contributed by atoms with Crippen LogP contribution in [0.1, 0.15) is 10.4 Å². The van der Waals surface area contributed by atoms with E-state index in [4.69, 9.17) is 9.84 Å². The van der Waals surface area contributed by atoms with E-state index >= 15 is 0 Å². The van der Waals surface area contributed by atoms with Crippen molar-refractivity contribution in [3.8, 4) is 5.75 Å². The lowest BCUT2D eigenvalue weighted by Crippen LogP contribution is -2.42. The number of nitrogens with zero attached hydrogens (tertiary/aromatic N) is 2. The number of ether oxygens (including phenoxy) is 1. The summed E-state index contributed by atoms with van der Waals surface area (Å²) < 4.78 is 5.23. The number of hydrogen-bond donors (Lipinski definition) is 1. The molecule has 20 heavy (non-hydrogen) atoms. The number of carbonyl (C=O) groups is 3. The molecule has 1 aromatic rings. The van der Waals surface area contributed by atoms with Gasteiger partial charge in [0.05, 0.1) is 5.69 Å². The van der Waals surface area contributed by atoms with E-state index in [9.17, 15) is 14.4 Å². The van der Waals surface area contributed by atoms with E-state index in [2.05, 4.69) is 0 Å². The minimum atomic E-state index is -1.13. The summed E-state index contributed by atoms with van der Waals surface area (Å²) in [6.07, 6.45) is 0. The maximum atomic E-state index is 11.9. The molecule has 0 aliphatic carbocycles. The van der Waals surface area contributed by atoms with Gasteiger partial charge in [0.1, 0.15) is 12.3 Å². The van der Waals surface area contributed by atoms with Crippen LogP contribution in [0.25, 0.3) is 0 Å². The highest BCUT2D eigenvalue weighted by atomic mass is 16.5. The number of amides is 2. The number of anilines is 1. The Morgan fingerprint density at radius 2 is 2.10 bits per heavy atom. The van der Waals surface area contributed by atoms with Gasteiger partial charge >= 0.3 is 5.97 Å². The minimum Gasteiger partial charge on any atom is -0.482 e. The van der Waals surface area contributed by atoms with Gasteiger partial charge in [-0.3, -0.25) is 19.3 Å². The highest BCUT2D eigenvalue weighted by Gasteiger charge is 2.28. The summed E-state index contributed by atoms with van der Waals surface area (Å²) in [5, 5.41) is 8.87. The summed E-state index contributed by atoms with van der Waals surface area (Å²) >= 11 is 0. The number of carboxylic acids is 1. The van der Waals surface area contributed by atoms with Crippen molar-refractivity contribution in [1.82, 2.24) is 4.90 Å². The third-order valence-electron chi connectivity index (χ3n) is 2.85. The molecule has 0 bridgehead atoms. The Labute approximate surface area is 115 Å². The van der Waals surface area contributed by atoms with Crippen LogP contribution < -0.4 is 9.64 Å². The fourth-order valence-electron chi connectivity index (χ4n) is 1.90. The zero-order valence-electron chi connectivity index (χ0n) is 11.1. The van der Waals surface area contributed by atoms with Crippen molar-refractivity contribution in [2.45, 2.75) is 0 Å². The summed E-state index contributed by atoms with van der Waals surface area (Å²) in [6.45, 7) is -0.671. The monoisotopic (exact) mass is 278 g/mol. The molecule has 0 fully saturated rings. The van der Waals surface area contributed by atoms with Crippen LogP contribution in [0.5, 0.6) is 5.75 Å². The summed E-state index contributed by atoms with van der Waals surface area (Å²) in [4.78, 5) is 37.0. The van der Waals surface area contributed by atoms with Crippen LogP contribution in [0.2, 0.25) is 0 Å². The first-order chi connectivity index (χ1) is 9.40. The molecular weight excluding hydrogens is 264 g/mol. The zero-order valence-corrected chi connectivity index (χ0v) is 11.1. The van der Waals surface area contributed by atoms with E-state index in [1.807, 2.05) is 0 Å². The van der Waals surface area contributed by atoms with Gasteiger partial charge in [-0.1, -0.05) is 0 Å². The van der Waals surface area contributed by atoms with Crippen molar-refractivity contribution in [1.29, 1.82) is 0 Å². The maximum absolute atomic E-state index is 11.9. The molecule has 2 rings (SSSR count). The second-order valence-electron chi connectivity index (χ2n) is 4.54. The molecule has 0 saturated heterocycles. The second-order valence-corrected chi connectivity index (χ2v) is 4.54. The van der Waals surface area contributed by atoms with Crippen molar-refractivity contribution >= 4 is 23.5 Å². The molecule has 7 heteroatoms. The Hall–Kier alpha value is -2.57. The number of aliphatic carboxylic acids is 1. The number of rotatable bonds is 3. The van der Waals surface area contributed by atoms with Crippen molar-refractivity contribution in [3.05, 3.63) is 23.8 Å². The van der Waals surface area contributed by atoms with Crippen LogP contribution in [-0.2, 0) is 9.59 Å². The van der Waals surface area contributed by atoms with Gasteiger partial charge in [0, 0.05) is 19.7 Å². The Balaban J connectivity index is 2.43. The SMILES string of the molecule is CN(C)C(=O)c1ccc2c(c1)N(CC(=O)O)C(=O)CO2. The molecular formula is C13H14N2O5. The molecule has 1 N–H and O–H groups in total. The van der Waals surface area contributed by atoms with E-state index in [0.717, 1.165) is 4.90 Å². The normalized spacial score (nSPS) is 13.5. The first-order valence-electron chi connectivity index (χ1n) is 5.91. The van der Waals surface area contributed by atoms with E-state index in [1.165, 1.54) is 11.0 Å². The fraction of sp³-hybridized carbons (Fsp3) is 0.308. The number of carboxylic acid groups (broad SMARTS) is 1. The van der Waals surface area contributed by atoms with Crippen molar-refractivity contribution in [2.24, 2.45) is 0 Å². The molecule has 106 valence electrons. The quantitative estimate of drug-likeness (QED) is 0.853. The summed E-state index contributed by atoms with van der Waals surface area (Å²) in [5.41, 5.74) is 0.666. The average molecular weight is 278 g/mol. The van der Waals surface area contributed by atoms with Crippen molar-refractivity contribution in [2.75, 3.05) is 32.1 Å². The van der Waals surface area contributed by atoms with E-state index in [1.54, 1.807) is 26.2 Å². The van der Waals surface area contributed by atoms with Crippen LogP contribution in [-0.4, -0.2) is 55.0 Å². The molecule has 1 aromatic carbocycles. The Morgan fingerprint density at radius 1 is 1.40 bits per heavy atom. The highest BCUT2D eigenvalue weighted by molar-refractivity contribution is 6.03. The van der Waals surface area contributed by atoms with Gasteiger partial charge in [-0.15, -0.1) is 0 Å². The molecule has 0 spiro atoms. The van der Waals surface area contributed by atoms with Crippen LogP contribution in [0, 0.1) is 0 Å². The molecule has 0 unspecified atom stereocenters. The Bertz CT molecular complexity index is 582. The minimum absolute atomic E-state index is 0.207. The van der Waals surface area contributed by atoms with Gasteiger partial charge in [-0.2, -0.15) is 0 Å². The van der Waals surface area contributed by atoms with Crippen molar-refractivity contribution in [3.63, 3.8) is 0 Å². The number of benzene rings is 1. The average Bonchev–Trinajstić information content (AvgIpc) is 2.40. The molecule has 0 aromatic heterocycles. The van der Waals surface area contributed by atoms with Gasteiger partial charge in [0.2, 0.25) is 0 Å². The van der Waals surface area contributed by atoms with Crippen LogP contribution in [0.15, 0.2) is 18.2 Å². The lowest BCUT2D eigenvalue weighted by atomic mass is 10.1. The first-order valence-corrected chi connectivity index (χ1v) is 5.91. The van der Waals surface area contributed by atoms with Gasteiger partial charge in [-0.25, -0.2) is 0 Å². The summed E-state index contributed by atoms with van der Waals surface area (Å²) in [6, 6.07) is 4.61. The lowest BCUT2D eigenvalue weighted by molar-refractivity contribution is -0.137. The molecule has 1 aliphatic rings. The van der Waals surface area contributed by atoms with Gasteiger partial charge < -0.3 is 14.7 Å². The topological polar surface area (TPSA) is 87.2 Å². The predicted molar refractivity (Wildman–Crippen MR) is 69.9 cm³/mol. The molecule has 2 amide bonds. The molecule has 0 atom stereocenters. The number of fused-ring (bicyclic) bond motifs is 1. The van der Waals surface area contributed by atoms with Gasteiger partial charge in [-0.05, 0) is 18.2 Å². The first kappa shape index (κ1) is 13.9. The van der Waals surface area contributed by atoms with E-state index in [0.29, 0.717) is 17.0 Å². The molecule has 1 aliphatic heterocycles. The Kier molecular flexibility index (Phi) is 3.60. The highest BCUT2D eigenvalue weighted by Crippen LogP contribution is 2.33. The number of hydrogen-bond acceptors (Lipinski definition) is 4. The van der Waals surface area contributed by atoms with E-state index < -0.39 is 18.4 Å². The standard InChI is InChI=1S/C13H14N2O5/c1-14(2)13(19)8-3-4-10-9(5-8)15(6-12(17)18)11(16)7-20-10/h3-5H,6-7H2,1-2H3,(H,17,18). The van der Waals surface area contributed by atoms with Crippen LogP contribution in [0.4, 0.5) is 5.69 Å². The van der Waals surface area contributed by atoms with Crippen molar-refractivity contribution < 1.29 is 24.2 Å². The largest absolute Gasteiger partial charge is 0.482 e. The van der Waals surface area contributed by atoms with Gasteiger partial charge in [0.15, 0.2) is 6.61 Å². The van der Waals surface area contributed by atoms with Crippen LogP contribution >= 0.6 is 0 Å². The summed E-state index contributed by atoms with van der Waals surface area (Å²) in [5.74, 6) is -1.42. The smallest absolute Gasteiger partial charge is 0.323 e. The third kappa shape index (κ3) is 2.56. The maximum Gasteiger partial charge on any atom is 0.323 e. The Morgan fingerprint density at radius 3 is 2.70 bits per heavy atom. The third-order valence-corrected chi connectivity index (χ3v) is 2.85. The summed E-state index contributed by atoms with van der Waals surface area (Å²) in [7, 11) is 3.22.